The molecule has 6 nitrogen and oxygen atoms in total. The molecule has 2 rings (SSSR count). The molecule has 0 atom stereocenters. The number of hydrogen-bond acceptors (Lipinski definition) is 4. The Balaban J connectivity index is 0.000000842. The van der Waals surface area contributed by atoms with E-state index in [0.29, 0.717) is 11.1 Å². The molecule has 0 saturated heterocycles. The molecule has 2 aromatic rings. The van der Waals surface area contributed by atoms with E-state index in [1.807, 2.05) is 27.7 Å². The van der Waals surface area contributed by atoms with Crippen molar-refractivity contribution in [1.82, 2.24) is 0 Å². The summed E-state index contributed by atoms with van der Waals surface area (Å²) in [5.74, 6) is -2.94. The van der Waals surface area contributed by atoms with Crippen LogP contribution in [0.2, 0.25) is 0 Å². The summed E-state index contributed by atoms with van der Waals surface area (Å²) in [7, 11) is 0. The Morgan fingerprint density at radius 3 is 1.13 bits per heavy atom. The van der Waals surface area contributed by atoms with Gasteiger partial charge in [0.2, 0.25) is 0 Å². The number of aromatic carboxylic acids is 2. The molecule has 0 saturated carbocycles. The van der Waals surface area contributed by atoms with Crippen LogP contribution in [0.1, 0.15) is 176 Å². The monoisotopic (exact) mass is 668 g/mol. The van der Waals surface area contributed by atoms with Crippen LogP contribution in [0, 0.1) is 0 Å². The van der Waals surface area contributed by atoms with E-state index in [1.54, 1.807) is 24.3 Å². The Kier molecular flexibility index (Phi) is 20.8. The van der Waals surface area contributed by atoms with Crippen molar-refractivity contribution < 1.29 is 46.5 Å². The molecule has 45 heavy (non-hydrogen) atoms. The van der Waals surface area contributed by atoms with Gasteiger partial charge in [-0.15, -0.1) is 0 Å². The van der Waals surface area contributed by atoms with Crippen molar-refractivity contribution >= 4 is 11.9 Å². The van der Waals surface area contributed by atoms with Gasteiger partial charge >= 0.3 is 28.4 Å². The molecule has 0 aliphatic carbocycles. The number of hydrogen-bond donors (Lipinski definition) is 2. The third-order valence-corrected chi connectivity index (χ3v) is 8.76. The summed E-state index contributed by atoms with van der Waals surface area (Å²) in [4.78, 5) is 22.2. The summed E-state index contributed by atoms with van der Waals surface area (Å²) in [6, 6.07) is 9.67. The second-order valence-electron chi connectivity index (χ2n) is 13.5. The summed E-state index contributed by atoms with van der Waals surface area (Å²) in [5, 5.41) is 42.7. The molecule has 0 bridgehead atoms. The number of rotatable bonds is 20. The zero-order chi connectivity index (χ0) is 33.2. The Morgan fingerprint density at radius 2 is 0.844 bits per heavy atom. The van der Waals surface area contributed by atoms with Crippen LogP contribution >= 0.6 is 0 Å². The van der Waals surface area contributed by atoms with E-state index in [1.165, 1.54) is 89.2 Å². The smallest absolute Gasteiger partial charge is 0.872 e. The van der Waals surface area contributed by atoms with Crippen molar-refractivity contribution in [3.8, 4) is 11.5 Å². The van der Waals surface area contributed by atoms with Gasteiger partial charge in [0.1, 0.15) is 0 Å². The van der Waals surface area contributed by atoms with Crippen molar-refractivity contribution in [2.45, 2.75) is 155 Å². The molecule has 0 radical (unpaired) electrons. The van der Waals surface area contributed by atoms with E-state index in [9.17, 15) is 19.8 Å². The van der Waals surface area contributed by atoms with Crippen LogP contribution in [-0.4, -0.2) is 22.2 Å². The molecule has 0 heterocycles. The van der Waals surface area contributed by atoms with Gasteiger partial charge in [0, 0.05) is 0 Å². The van der Waals surface area contributed by atoms with Crippen LogP contribution in [0.25, 0.3) is 0 Å². The molecule has 0 aliphatic heterocycles. The normalized spacial score (nSPS) is 11.3. The van der Waals surface area contributed by atoms with Gasteiger partial charge in [-0.05, 0) is 46.9 Å². The van der Waals surface area contributed by atoms with Crippen LogP contribution in [0.5, 0.6) is 11.5 Å². The Bertz CT molecular complexity index is 1050. The van der Waals surface area contributed by atoms with Gasteiger partial charge in [-0.25, -0.2) is 9.59 Å². The molecule has 0 spiro atoms. The topological polar surface area (TPSA) is 121 Å². The first-order valence-corrected chi connectivity index (χ1v) is 16.9. The zero-order valence-electron chi connectivity index (χ0n) is 28.6. The van der Waals surface area contributed by atoms with Gasteiger partial charge < -0.3 is 20.4 Å². The van der Waals surface area contributed by atoms with Crippen LogP contribution < -0.4 is 10.2 Å². The number of carboxylic acid groups (broad SMARTS) is 2. The number of carboxylic acids is 2. The number of para-hydroxylation sites is 2. The van der Waals surface area contributed by atoms with Crippen LogP contribution in [0.3, 0.4) is 0 Å². The molecule has 2 N–H and O–H groups in total. The maximum atomic E-state index is 12.3. The minimum absolute atomic E-state index is 0. The third kappa shape index (κ3) is 15.1. The van der Waals surface area contributed by atoms with E-state index < -0.39 is 11.9 Å². The second kappa shape index (κ2) is 22.1. The van der Waals surface area contributed by atoms with Crippen LogP contribution in [-0.2, 0) is 27.3 Å². The molecular formula is C38H58NiO6. The van der Waals surface area contributed by atoms with Gasteiger partial charge in [0.25, 0.3) is 0 Å². The largest absolute Gasteiger partial charge is 2.00 e. The van der Waals surface area contributed by atoms with Crippen molar-refractivity contribution in [1.29, 1.82) is 0 Å². The van der Waals surface area contributed by atoms with E-state index in [2.05, 4.69) is 13.8 Å². The zero-order valence-corrected chi connectivity index (χ0v) is 29.6. The molecule has 0 aliphatic rings. The predicted molar refractivity (Wildman–Crippen MR) is 177 cm³/mol. The van der Waals surface area contributed by atoms with Gasteiger partial charge in [-0.1, -0.05) is 167 Å². The van der Waals surface area contributed by atoms with Crippen LogP contribution in [0.4, 0.5) is 0 Å². The number of benzene rings is 2. The molecule has 256 valence electrons. The van der Waals surface area contributed by atoms with Crippen molar-refractivity contribution in [2.24, 2.45) is 0 Å². The van der Waals surface area contributed by atoms with Gasteiger partial charge in [-0.3, -0.25) is 0 Å². The van der Waals surface area contributed by atoms with E-state index in [-0.39, 0.29) is 49.9 Å². The summed E-state index contributed by atoms with van der Waals surface area (Å²) in [6.45, 7) is 12.6. The maximum absolute atomic E-state index is 12.3. The number of carbonyl (C=O) groups is 2. The first kappa shape index (κ1) is 42.5. The minimum Gasteiger partial charge on any atom is -0.872 e. The molecule has 0 unspecified atom stereocenters. The fourth-order valence-electron chi connectivity index (χ4n) is 5.79. The van der Waals surface area contributed by atoms with E-state index in [0.717, 1.165) is 25.7 Å². The molecule has 0 amide bonds. The molecule has 7 heteroatoms. The number of unbranched alkanes of at least 4 members (excludes halogenated alkanes) is 12. The summed E-state index contributed by atoms with van der Waals surface area (Å²) >= 11 is 0. The second-order valence-corrected chi connectivity index (χ2v) is 13.5. The Morgan fingerprint density at radius 1 is 0.556 bits per heavy atom. The average molecular weight is 670 g/mol. The quantitative estimate of drug-likeness (QED) is 0.107. The SMILES string of the molecule is CCCCCCCCCC(C)(C)c1cccc(C(=O)O)c1[O-].CCCCCCCCCC(C)(C)c1cccc(C(=O)O)c1[O-].[Ni+2]. The molecule has 0 aromatic heterocycles. The standard InChI is InChI=1S/2C19H30O3.Ni/c2*1-4-5-6-7-8-9-10-14-19(2,3)16-13-11-12-15(17(16)20)18(21)22;/h2*11-13,20H,4-10,14H2,1-3H3,(H,21,22);/q;;+2/p-2. The van der Waals surface area contributed by atoms with Crippen molar-refractivity contribution in [2.75, 3.05) is 0 Å². The third-order valence-electron chi connectivity index (χ3n) is 8.76. The molecular weight excluding hydrogens is 611 g/mol. The summed E-state index contributed by atoms with van der Waals surface area (Å²) < 4.78 is 0. The fraction of sp³-hybridized carbons (Fsp3) is 0.632. The van der Waals surface area contributed by atoms with Crippen molar-refractivity contribution in [3.63, 3.8) is 0 Å². The minimum atomic E-state index is -1.14. The van der Waals surface area contributed by atoms with E-state index >= 15 is 0 Å². The first-order valence-electron chi connectivity index (χ1n) is 16.9. The van der Waals surface area contributed by atoms with Gasteiger partial charge in [0.15, 0.2) is 0 Å². The van der Waals surface area contributed by atoms with Gasteiger partial charge in [-0.2, -0.15) is 0 Å². The van der Waals surface area contributed by atoms with Crippen LogP contribution in [0.15, 0.2) is 36.4 Å². The first-order chi connectivity index (χ1) is 20.8. The molecule has 0 fully saturated rings. The maximum Gasteiger partial charge on any atom is 2.00 e. The predicted octanol–water partition coefficient (Wildman–Crippen LogP) is 9.75. The summed E-state index contributed by atoms with van der Waals surface area (Å²) in [6.07, 6.45) is 19.2. The van der Waals surface area contributed by atoms with E-state index in [4.69, 9.17) is 10.2 Å². The Hall–Kier alpha value is -2.53. The van der Waals surface area contributed by atoms with Gasteiger partial charge in [0.05, 0.1) is 11.1 Å². The average Bonchev–Trinajstić information content (AvgIpc) is 2.96. The molecule has 2 aromatic carbocycles. The van der Waals surface area contributed by atoms with Crippen molar-refractivity contribution in [3.05, 3.63) is 58.7 Å². The summed E-state index contributed by atoms with van der Waals surface area (Å²) in [5.41, 5.74) is 0.463. The fourth-order valence-corrected chi connectivity index (χ4v) is 5.79. The Labute approximate surface area is 283 Å².